The second-order valence-electron chi connectivity index (χ2n) is 4.51. The molecule has 1 heterocycles. The van der Waals surface area contributed by atoms with Crippen molar-refractivity contribution in [1.29, 1.82) is 5.26 Å². The van der Waals surface area contributed by atoms with Crippen molar-refractivity contribution in [1.82, 2.24) is 5.32 Å². The molecule has 1 aliphatic rings. The predicted octanol–water partition coefficient (Wildman–Crippen LogP) is 1.53. The van der Waals surface area contributed by atoms with Gasteiger partial charge in [0.25, 0.3) is 0 Å². The smallest absolute Gasteiger partial charge is 0.228 e. The van der Waals surface area contributed by atoms with Crippen molar-refractivity contribution in [3.8, 4) is 11.8 Å². The first-order chi connectivity index (χ1) is 9.29. The number of anilines is 1. The highest BCUT2D eigenvalue weighted by Gasteiger charge is 2.20. The maximum Gasteiger partial charge on any atom is 0.228 e. The van der Waals surface area contributed by atoms with Gasteiger partial charge in [-0.2, -0.15) is 5.26 Å². The Morgan fingerprint density at radius 1 is 1.58 bits per heavy atom. The predicted molar refractivity (Wildman–Crippen MR) is 71.8 cm³/mol. The van der Waals surface area contributed by atoms with Gasteiger partial charge in [0, 0.05) is 18.3 Å². The Morgan fingerprint density at radius 3 is 3.21 bits per heavy atom. The molecule has 1 amide bonds. The van der Waals surface area contributed by atoms with Crippen LogP contribution in [-0.4, -0.2) is 25.6 Å². The van der Waals surface area contributed by atoms with Gasteiger partial charge in [0.15, 0.2) is 6.61 Å². The Hall–Kier alpha value is -2.06. The summed E-state index contributed by atoms with van der Waals surface area (Å²) in [5, 5.41) is 14.6. The molecule has 0 spiro atoms. The zero-order chi connectivity index (χ0) is 13.5. The van der Waals surface area contributed by atoms with Crippen LogP contribution in [0, 0.1) is 17.2 Å². The third-order valence-corrected chi connectivity index (χ3v) is 3.07. The number of carbonyl (C=O) groups excluding carboxylic acids is 1. The standard InChI is InChI=1S/C14H17N3O2/c15-6-8-19-13-5-1-4-12(9-13)17-14(18)11-3-2-7-16-10-11/h1,4-5,9,11,16H,2-3,7-8,10H2,(H,17,18)/t11-/m0/s1. The van der Waals surface area contributed by atoms with E-state index in [2.05, 4.69) is 10.6 Å². The molecule has 0 aromatic heterocycles. The molecule has 1 fully saturated rings. The van der Waals surface area contributed by atoms with Gasteiger partial charge in [0.2, 0.25) is 5.91 Å². The number of carbonyl (C=O) groups is 1. The van der Waals surface area contributed by atoms with E-state index in [1.54, 1.807) is 18.2 Å². The molecular weight excluding hydrogens is 242 g/mol. The summed E-state index contributed by atoms with van der Waals surface area (Å²) in [5.74, 6) is 0.642. The lowest BCUT2D eigenvalue weighted by atomic mass is 9.99. The van der Waals surface area contributed by atoms with Crippen LogP contribution in [0.25, 0.3) is 0 Å². The Balaban J connectivity index is 1.94. The zero-order valence-corrected chi connectivity index (χ0v) is 10.7. The largest absolute Gasteiger partial charge is 0.479 e. The third kappa shape index (κ3) is 3.97. The molecular formula is C14H17N3O2. The number of rotatable bonds is 4. The van der Waals surface area contributed by atoms with Crippen molar-refractivity contribution >= 4 is 11.6 Å². The van der Waals surface area contributed by atoms with Crippen molar-refractivity contribution in [2.45, 2.75) is 12.8 Å². The third-order valence-electron chi connectivity index (χ3n) is 3.07. The molecule has 0 radical (unpaired) electrons. The normalized spacial score (nSPS) is 18.4. The zero-order valence-electron chi connectivity index (χ0n) is 10.7. The fraction of sp³-hybridized carbons (Fsp3) is 0.429. The molecule has 2 N–H and O–H groups in total. The van der Waals surface area contributed by atoms with Gasteiger partial charge >= 0.3 is 0 Å². The molecule has 1 aliphatic heterocycles. The minimum Gasteiger partial charge on any atom is -0.479 e. The minimum atomic E-state index is 0.00391. The van der Waals surface area contributed by atoms with Crippen LogP contribution in [0.4, 0.5) is 5.69 Å². The average molecular weight is 259 g/mol. The topological polar surface area (TPSA) is 74.1 Å². The summed E-state index contributed by atoms with van der Waals surface area (Å²) in [6.07, 6.45) is 1.95. The first-order valence-corrected chi connectivity index (χ1v) is 6.41. The minimum absolute atomic E-state index is 0.00391. The number of nitriles is 1. The molecule has 0 aliphatic carbocycles. The molecule has 1 atom stereocenters. The van der Waals surface area contributed by atoms with E-state index in [1.807, 2.05) is 12.1 Å². The van der Waals surface area contributed by atoms with E-state index in [0.717, 1.165) is 25.9 Å². The average Bonchev–Trinajstić information content (AvgIpc) is 2.46. The molecule has 1 aromatic rings. The van der Waals surface area contributed by atoms with Crippen molar-refractivity contribution < 1.29 is 9.53 Å². The van der Waals surface area contributed by atoms with Gasteiger partial charge in [-0.25, -0.2) is 0 Å². The number of amides is 1. The highest BCUT2D eigenvalue weighted by Crippen LogP contribution is 2.19. The molecule has 5 nitrogen and oxygen atoms in total. The summed E-state index contributed by atoms with van der Waals surface area (Å²) in [5.41, 5.74) is 0.700. The lowest BCUT2D eigenvalue weighted by molar-refractivity contribution is -0.120. The summed E-state index contributed by atoms with van der Waals surface area (Å²) >= 11 is 0. The number of ether oxygens (including phenoxy) is 1. The SMILES string of the molecule is N#CCOc1cccc(NC(=O)[C@H]2CCCNC2)c1. The Morgan fingerprint density at radius 2 is 2.47 bits per heavy atom. The van der Waals surface area contributed by atoms with E-state index >= 15 is 0 Å². The molecule has 1 aromatic carbocycles. The molecule has 1 saturated heterocycles. The van der Waals surface area contributed by atoms with E-state index < -0.39 is 0 Å². The number of hydrogen-bond donors (Lipinski definition) is 2. The van der Waals surface area contributed by atoms with Crippen LogP contribution < -0.4 is 15.4 Å². The van der Waals surface area contributed by atoms with Crippen molar-refractivity contribution in [3.05, 3.63) is 24.3 Å². The number of benzene rings is 1. The maximum absolute atomic E-state index is 12.0. The fourth-order valence-corrected chi connectivity index (χ4v) is 2.10. The second-order valence-corrected chi connectivity index (χ2v) is 4.51. The van der Waals surface area contributed by atoms with Crippen LogP contribution in [0.1, 0.15) is 12.8 Å². The highest BCUT2D eigenvalue weighted by atomic mass is 16.5. The maximum atomic E-state index is 12.0. The van der Waals surface area contributed by atoms with Crippen molar-refractivity contribution in [3.63, 3.8) is 0 Å². The first-order valence-electron chi connectivity index (χ1n) is 6.41. The number of piperidine rings is 1. The van der Waals surface area contributed by atoms with E-state index in [0.29, 0.717) is 11.4 Å². The summed E-state index contributed by atoms with van der Waals surface area (Å²) < 4.78 is 5.20. The molecule has 0 unspecified atom stereocenters. The number of nitrogens with one attached hydrogen (secondary N) is 2. The van der Waals surface area contributed by atoms with Crippen LogP contribution in [0.15, 0.2) is 24.3 Å². The molecule has 0 saturated carbocycles. The molecule has 19 heavy (non-hydrogen) atoms. The van der Waals surface area contributed by atoms with Gasteiger partial charge in [0.1, 0.15) is 11.8 Å². The van der Waals surface area contributed by atoms with Crippen molar-refractivity contribution in [2.24, 2.45) is 5.92 Å². The van der Waals surface area contributed by atoms with Crippen LogP contribution in [0.2, 0.25) is 0 Å². The van der Waals surface area contributed by atoms with E-state index in [1.165, 1.54) is 0 Å². The number of nitrogens with zero attached hydrogens (tertiary/aromatic N) is 1. The first kappa shape index (κ1) is 13.4. The Labute approximate surface area is 112 Å². The van der Waals surface area contributed by atoms with E-state index in [4.69, 9.17) is 10.00 Å². The Kier molecular flexibility index (Phi) is 4.76. The molecule has 100 valence electrons. The quantitative estimate of drug-likeness (QED) is 0.860. The van der Waals surface area contributed by atoms with Gasteiger partial charge < -0.3 is 15.4 Å². The molecule has 0 bridgehead atoms. The summed E-state index contributed by atoms with van der Waals surface area (Å²) in [4.78, 5) is 12.0. The summed E-state index contributed by atoms with van der Waals surface area (Å²) in [6.45, 7) is 1.72. The van der Waals surface area contributed by atoms with E-state index in [-0.39, 0.29) is 18.4 Å². The van der Waals surface area contributed by atoms with E-state index in [9.17, 15) is 4.79 Å². The van der Waals surface area contributed by atoms with Crippen molar-refractivity contribution in [2.75, 3.05) is 25.0 Å². The van der Waals surface area contributed by atoms with Crippen LogP contribution in [0.3, 0.4) is 0 Å². The van der Waals surface area contributed by atoms with Crippen LogP contribution in [-0.2, 0) is 4.79 Å². The highest BCUT2D eigenvalue weighted by molar-refractivity contribution is 5.92. The molecule has 5 heteroatoms. The van der Waals surface area contributed by atoms with Gasteiger partial charge in [-0.15, -0.1) is 0 Å². The van der Waals surface area contributed by atoms with Gasteiger partial charge in [-0.05, 0) is 31.5 Å². The summed E-state index contributed by atoms with van der Waals surface area (Å²) in [7, 11) is 0. The van der Waals surface area contributed by atoms with Gasteiger partial charge in [-0.1, -0.05) is 6.07 Å². The second kappa shape index (κ2) is 6.76. The monoisotopic (exact) mass is 259 g/mol. The Bertz CT molecular complexity index is 476. The lowest BCUT2D eigenvalue weighted by Gasteiger charge is -2.21. The number of hydrogen-bond acceptors (Lipinski definition) is 4. The van der Waals surface area contributed by atoms with Gasteiger partial charge in [-0.3, -0.25) is 4.79 Å². The molecule has 2 rings (SSSR count). The van der Waals surface area contributed by atoms with Gasteiger partial charge in [0.05, 0.1) is 5.92 Å². The van der Waals surface area contributed by atoms with Crippen LogP contribution in [0.5, 0.6) is 5.75 Å². The lowest BCUT2D eigenvalue weighted by Crippen LogP contribution is -2.37. The summed E-state index contributed by atoms with van der Waals surface area (Å²) in [6, 6.07) is 9.00. The van der Waals surface area contributed by atoms with Crippen LogP contribution >= 0.6 is 0 Å². The fourth-order valence-electron chi connectivity index (χ4n) is 2.10.